The van der Waals surface area contributed by atoms with Crippen molar-refractivity contribution in [3.63, 3.8) is 0 Å². The molecule has 8 aromatic carbocycles. The van der Waals surface area contributed by atoms with E-state index in [1.807, 2.05) is 0 Å². The van der Waals surface area contributed by atoms with E-state index in [0.29, 0.717) is 0 Å². The number of rotatable bonds is 0. The second kappa shape index (κ2) is 7.19. The molecule has 0 fully saturated rings. The van der Waals surface area contributed by atoms with Crippen molar-refractivity contribution in [2.45, 2.75) is 0 Å². The Labute approximate surface area is 250 Å². The largest absolute Gasteiger partial charge is 0.307 e. The average molecular weight is 555 g/mol. The van der Waals surface area contributed by atoms with Gasteiger partial charge in [-0.25, -0.2) is 0 Å². The van der Waals surface area contributed by atoms with Crippen molar-refractivity contribution in [1.82, 2.24) is 8.80 Å². The molecule has 0 unspecified atom stereocenters. The van der Waals surface area contributed by atoms with Crippen LogP contribution in [0.25, 0.3) is 109 Å². The third-order valence-corrected chi connectivity index (χ3v) is 10.5. The van der Waals surface area contributed by atoms with E-state index in [1.165, 1.54) is 109 Å². The van der Waals surface area contributed by atoms with Crippen molar-refractivity contribution in [1.29, 1.82) is 0 Å². The molecule has 2 heteroatoms. The smallest absolute Gasteiger partial charge is 0.0633 e. The van der Waals surface area contributed by atoms with Crippen molar-refractivity contribution in [3.8, 4) is 0 Å². The van der Waals surface area contributed by atoms with Gasteiger partial charge in [-0.1, -0.05) is 121 Å². The molecule has 44 heavy (non-hydrogen) atoms. The Bertz CT molecular complexity index is 2980. The van der Waals surface area contributed by atoms with Crippen molar-refractivity contribution in [2.24, 2.45) is 0 Å². The lowest BCUT2D eigenvalue weighted by Gasteiger charge is -2.15. The SMILES string of the molecule is c1ccc2c(c1)c1c3cccc4c5ccccc5n(c43)c1c1c3ccccc3c3c4cccc5c6ccccc6n(c54)c3c21. The Morgan fingerprint density at radius 1 is 0.227 bits per heavy atom. The van der Waals surface area contributed by atoms with Crippen molar-refractivity contribution in [2.75, 3.05) is 0 Å². The summed E-state index contributed by atoms with van der Waals surface area (Å²) in [5.41, 5.74) is 7.81. The van der Waals surface area contributed by atoms with Crippen molar-refractivity contribution in [3.05, 3.63) is 133 Å². The number of aromatic nitrogens is 2. The number of para-hydroxylation sites is 4. The molecule has 0 saturated heterocycles. The van der Waals surface area contributed by atoms with Gasteiger partial charge >= 0.3 is 0 Å². The molecule has 0 atom stereocenters. The first-order valence-electron chi connectivity index (χ1n) is 15.4. The zero-order valence-corrected chi connectivity index (χ0v) is 23.6. The quantitative estimate of drug-likeness (QED) is 0.165. The molecule has 0 aliphatic heterocycles. The zero-order chi connectivity index (χ0) is 28.3. The van der Waals surface area contributed by atoms with Crippen LogP contribution in [-0.2, 0) is 0 Å². The van der Waals surface area contributed by atoms with Gasteiger partial charge in [-0.15, -0.1) is 0 Å². The van der Waals surface area contributed by atoms with Crippen LogP contribution in [0.3, 0.4) is 0 Å². The lowest BCUT2D eigenvalue weighted by Crippen LogP contribution is -1.91. The predicted molar refractivity (Wildman–Crippen MR) is 188 cm³/mol. The predicted octanol–water partition coefficient (Wildman–Crippen LogP) is 11.4. The summed E-state index contributed by atoms with van der Waals surface area (Å²) in [7, 11) is 0. The van der Waals surface area contributed by atoms with E-state index in [0.717, 1.165) is 0 Å². The molecule has 200 valence electrons. The highest BCUT2D eigenvalue weighted by atomic mass is 14.9. The molecule has 12 rings (SSSR count). The summed E-state index contributed by atoms with van der Waals surface area (Å²) < 4.78 is 5.16. The summed E-state index contributed by atoms with van der Waals surface area (Å²) in [5, 5.41) is 18.6. The Morgan fingerprint density at radius 3 is 0.977 bits per heavy atom. The fourth-order valence-electron chi connectivity index (χ4n) is 9.00. The maximum Gasteiger partial charge on any atom is 0.0633 e. The minimum Gasteiger partial charge on any atom is -0.307 e. The molecule has 0 N–H and O–H groups in total. The standard InChI is InChI=1S/C42H22N2/c1-3-15-27-25(13-1)35-31-19-9-17-29-23-11-5-7-21-33(23)43(39(29)31)41(35)38-28-16-4-2-14-26(28)36-32-20-10-18-30-24-12-6-8-22-34(24)44(40(30)32)42(36)37(27)38/h1-22H. The average Bonchev–Trinajstić information content (AvgIpc) is 3.82. The molecule has 12 aromatic rings. The highest BCUT2D eigenvalue weighted by Gasteiger charge is 2.27. The van der Waals surface area contributed by atoms with Gasteiger partial charge in [0.25, 0.3) is 0 Å². The summed E-state index contributed by atoms with van der Waals surface area (Å²) in [6.45, 7) is 0. The van der Waals surface area contributed by atoms with Crippen LogP contribution in [0.1, 0.15) is 0 Å². The van der Waals surface area contributed by atoms with Crippen LogP contribution < -0.4 is 0 Å². The van der Waals surface area contributed by atoms with Gasteiger partial charge in [-0.2, -0.15) is 0 Å². The van der Waals surface area contributed by atoms with E-state index in [1.54, 1.807) is 0 Å². The van der Waals surface area contributed by atoms with E-state index in [-0.39, 0.29) is 0 Å². The maximum atomic E-state index is 2.58. The third kappa shape index (κ3) is 2.21. The second-order valence-electron chi connectivity index (χ2n) is 12.4. The minimum absolute atomic E-state index is 1.27. The van der Waals surface area contributed by atoms with Gasteiger partial charge in [0.15, 0.2) is 0 Å². The monoisotopic (exact) mass is 554 g/mol. The highest BCUT2D eigenvalue weighted by molar-refractivity contribution is 6.46. The van der Waals surface area contributed by atoms with Gasteiger partial charge < -0.3 is 8.80 Å². The van der Waals surface area contributed by atoms with E-state index >= 15 is 0 Å². The van der Waals surface area contributed by atoms with Gasteiger partial charge in [0.2, 0.25) is 0 Å². The van der Waals surface area contributed by atoms with Gasteiger partial charge in [-0.3, -0.25) is 0 Å². The van der Waals surface area contributed by atoms with Crippen molar-refractivity contribution >= 4 is 109 Å². The highest BCUT2D eigenvalue weighted by Crippen LogP contribution is 2.51. The first-order valence-corrected chi connectivity index (χ1v) is 15.4. The van der Waals surface area contributed by atoms with Crippen molar-refractivity contribution < 1.29 is 0 Å². The molecule has 0 aliphatic carbocycles. The van der Waals surface area contributed by atoms with E-state index in [2.05, 4.69) is 142 Å². The summed E-state index contributed by atoms with van der Waals surface area (Å²) in [4.78, 5) is 0. The van der Waals surface area contributed by atoms with E-state index in [9.17, 15) is 0 Å². The molecule has 0 bridgehead atoms. The maximum absolute atomic E-state index is 2.58. The molecule has 4 heterocycles. The molecular weight excluding hydrogens is 532 g/mol. The Kier molecular flexibility index (Phi) is 3.56. The topological polar surface area (TPSA) is 8.82 Å². The number of hydrogen-bond donors (Lipinski definition) is 0. The number of hydrogen-bond acceptors (Lipinski definition) is 0. The zero-order valence-electron chi connectivity index (χ0n) is 23.6. The third-order valence-electron chi connectivity index (χ3n) is 10.5. The molecule has 0 saturated carbocycles. The van der Waals surface area contributed by atoms with Crippen LogP contribution in [0.15, 0.2) is 133 Å². The Hall–Kier alpha value is -5.86. The van der Waals surface area contributed by atoms with Crippen LogP contribution >= 0.6 is 0 Å². The minimum atomic E-state index is 1.27. The van der Waals surface area contributed by atoms with Gasteiger partial charge in [0.05, 0.1) is 33.1 Å². The molecule has 0 spiro atoms. The van der Waals surface area contributed by atoms with Gasteiger partial charge in [0, 0.05) is 53.9 Å². The van der Waals surface area contributed by atoms with Gasteiger partial charge in [0.1, 0.15) is 0 Å². The van der Waals surface area contributed by atoms with Crippen LogP contribution in [0, 0.1) is 0 Å². The second-order valence-corrected chi connectivity index (χ2v) is 12.4. The van der Waals surface area contributed by atoms with Crippen LogP contribution in [-0.4, -0.2) is 8.80 Å². The van der Waals surface area contributed by atoms with E-state index in [4.69, 9.17) is 0 Å². The first kappa shape index (κ1) is 21.8. The summed E-state index contributed by atoms with van der Waals surface area (Å²) in [6.07, 6.45) is 0. The number of nitrogens with zero attached hydrogens (tertiary/aromatic N) is 2. The Morgan fingerprint density at radius 2 is 0.545 bits per heavy atom. The fraction of sp³-hybridized carbons (Fsp3) is 0. The molecule has 0 aliphatic rings. The summed E-state index contributed by atoms with van der Waals surface area (Å²) in [6, 6.07) is 49.8. The normalized spacial score (nSPS) is 13.0. The number of benzene rings is 8. The van der Waals surface area contributed by atoms with E-state index < -0.39 is 0 Å². The lowest BCUT2D eigenvalue weighted by molar-refractivity contribution is 1.38. The molecule has 4 aromatic heterocycles. The molecule has 0 radical (unpaired) electrons. The molecular formula is C42H22N2. The van der Waals surface area contributed by atoms with Gasteiger partial charge in [-0.05, 0) is 33.7 Å². The fourth-order valence-corrected chi connectivity index (χ4v) is 9.00. The molecule has 0 amide bonds. The summed E-state index contributed by atoms with van der Waals surface area (Å²) >= 11 is 0. The summed E-state index contributed by atoms with van der Waals surface area (Å²) in [5.74, 6) is 0. The number of fused-ring (bicyclic) bond motifs is 21. The molecule has 2 nitrogen and oxygen atoms in total. The Balaban J connectivity index is 1.56. The van der Waals surface area contributed by atoms with Crippen LogP contribution in [0.5, 0.6) is 0 Å². The lowest BCUT2D eigenvalue weighted by atomic mass is 9.90. The van der Waals surface area contributed by atoms with Crippen LogP contribution in [0.4, 0.5) is 0 Å². The first-order chi connectivity index (χ1) is 21.9. The van der Waals surface area contributed by atoms with Crippen LogP contribution in [0.2, 0.25) is 0 Å².